The first-order chi connectivity index (χ1) is 11.7. The first-order valence-electron chi connectivity index (χ1n) is 8.92. The second-order valence-electron chi connectivity index (χ2n) is 7.91. The average molecular weight is 375 g/mol. The fourth-order valence-electron chi connectivity index (χ4n) is 3.38. The van der Waals surface area contributed by atoms with Crippen molar-refractivity contribution in [1.29, 1.82) is 0 Å². The van der Waals surface area contributed by atoms with Gasteiger partial charge in [-0.15, -0.1) is 0 Å². The van der Waals surface area contributed by atoms with Crippen LogP contribution < -0.4 is 0 Å². The molecule has 0 aliphatic heterocycles. The highest BCUT2D eigenvalue weighted by atomic mass is 28.4. The van der Waals surface area contributed by atoms with Gasteiger partial charge in [0.15, 0.2) is 16.6 Å². The molecular formula is C20H30O3Si2. The van der Waals surface area contributed by atoms with E-state index in [1.807, 2.05) is 36.4 Å². The van der Waals surface area contributed by atoms with E-state index in [0.29, 0.717) is 11.5 Å². The van der Waals surface area contributed by atoms with E-state index in [4.69, 9.17) is 4.12 Å². The van der Waals surface area contributed by atoms with Gasteiger partial charge in [-0.3, -0.25) is 0 Å². The SMILES string of the molecule is C[Si](C)(CCCc1ccccc1O)O[Si](C)(C)Cc1ccccc1O. The minimum Gasteiger partial charge on any atom is -0.508 e. The number of para-hydroxylation sites is 2. The standard InChI is InChI=1S/C20H30O3Si2/c1-24(2,15-9-12-17-10-5-7-13-19(17)21)23-25(3,4)16-18-11-6-8-14-20(18)22/h5-8,10-11,13-14,21-22H,9,12,15-16H2,1-4H3. The molecule has 2 N–H and O–H groups in total. The molecule has 0 aliphatic rings. The Kier molecular flexibility index (Phi) is 6.49. The number of phenols is 2. The van der Waals surface area contributed by atoms with Crippen LogP contribution in [0.5, 0.6) is 11.5 Å². The monoisotopic (exact) mass is 374 g/mol. The number of aromatic hydroxyl groups is 2. The fourth-order valence-corrected chi connectivity index (χ4v) is 12.3. The summed E-state index contributed by atoms with van der Waals surface area (Å²) in [6.07, 6.45) is 1.91. The van der Waals surface area contributed by atoms with Gasteiger partial charge in [0.25, 0.3) is 0 Å². The van der Waals surface area contributed by atoms with Gasteiger partial charge < -0.3 is 14.3 Å². The van der Waals surface area contributed by atoms with Crippen molar-refractivity contribution in [2.24, 2.45) is 0 Å². The Morgan fingerprint density at radius 2 is 1.28 bits per heavy atom. The van der Waals surface area contributed by atoms with Gasteiger partial charge in [-0.05, 0) is 74.4 Å². The van der Waals surface area contributed by atoms with Gasteiger partial charge in [0.05, 0.1) is 0 Å². The van der Waals surface area contributed by atoms with Crippen molar-refractivity contribution in [3.05, 3.63) is 59.7 Å². The molecule has 0 spiro atoms. The van der Waals surface area contributed by atoms with Crippen LogP contribution in [0.25, 0.3) is 0 Å². The van der Waals surface area contributed by atoms with Gasteiger partial charge >= 0.3 is 0 Å². The average Bonchev–Trinajstić information content (AvgIpc) is 2.50. The van der Waals surface area contributed by atoms with Gasteiger partial charge in [-0.1, -0.05) is 36.4 Å². The number of phenolic OH excluding ortho intramolecular Hbond substituents is 2. The zero-order valence-electron chi connectivity index (χ0n) is 15.7. The molecule has 0 saturated heterocycles. The van der Waals surface area contributed by atoms with Crippen molar-refractivity contribution in [3.63, 3.8) is 0 Å². The van der Waals surface area contributed by atoms with E-state index in [0.717, 1.165) is 36.1 Å². The van der Waals surface area contributed by atoms with Crippen LogP contribution in [-0.2, 0) is 16.6 Å². The molecule has 2 aromatic rings. The highest BCUT2D eigenvalue weighted by Gasteiger charge is 2.33. The maximum atomic E-state index is 10.0. The number of hydrogen-bond donors (Lipinski definition) is 2. The molecule has 0 fully saturated rings. The summed E-state index contributed by atoms with van der Waals surface area (Å²) in [5.41, 5.74) is 2.00. The lowest BCUT2D eigenvalue weighted by Crippen LogP contribution is -2.46. The Labute approximate surface area is 153 Å². The summed E-state index contributed by atoms with van der Waals surface area (Å²) in [7, 11) is -3.68. The van der Waals surface area contributed by atoms with Gasteiger partial charge in [0.1, 0.15) is 11.5 Å². The largest absolute Gasteiger partial charge is 0.508 e. The van der Waals surface area contributed by atoms with E-state index in [1.54, 1.807) is 12.1 Å². The molecule has 0 saturated carbocycles. The number of benzene rings is 2. The molecule has 136 valence electrons. The number of hydrogen-bond acceptors (Lipinski definition) is 3. The normalized spacial score (nSPS) is 12.3. The second kappa shape index (κ2) is 8.21. The van der Waals surface area contributed by atoms with E-state index in [1.165, 1.54) is 0 Å². The van der Waals surface area contributed by atoms with E-state index < -0.39 is 16.6 Å². The van der Waals surface area contributed by atoms with Crippen molar-refractivity contribution in [2.45, 2.75) is 51.1 Å². The molecule has 0 aromatic heterocycles. The first-order valence-corrected chi connectivity index (χ1v) is 15.2. The number of aryl methyl sites for hydroxylation is 1. The minimum absolute atomic E-state index is 0.366. The van der Waals surface area contributed by atoms with Gasteiger partial charge in [0.2, 0.25) is 0 Å². The summed E-state index contributed by atoms with van der Waals surface area (Å²) in [5.74, 6) is 0.753. The lowest BCUT2D eigenvalue weighted by Gasteiger charge is -2.34. The highest BCUT2D eigenvalue weighted by molar-refractivity contribution is 6.84. The van der Waals surface area contributed by atoms with Gasteiger partial charge in [-0.25, -0.2) is 0 Å². The Morgan fingerprint density at radius 1 is 0.760 bits per heavy atom. The summed E-state index contributed by atoms with van der Waals surface area (Å²) >= 11 is 0. The minimum atomic E-state index is -1.90. The van der Waals surface area contributed by atoms with Crippen LogP contribution in [-0.4, -0.2) is 26.8 Å². The molecular weight excluding hydrogens is 344 g/mol. The third kappa shape index (κ3) is 6.34. The van der Waals surface area contributed by atoms with Crippen LogP contribution >= 0.6 is 0 Å². The maximum absolute atomic E-state index is 10.0. The van der Waals surface area contributed by atoms with Gasteiger partial charge in [0, 0.05) is 0 Å². The number of rotatable bonds is 8. The van der Waals surface area contributed by atoms with Crippen LogP contribution in [0.3, 0.4) is 0 Å². The van der Waals surface area contributed by atoms with Crippen molar-refractivity contribution >= 4 is 16.6 Å². The zero-order chi connectivity index (χ0) is 18.5. The summed E-state index contributed by atoms with van der Waals surface area (Å²) in [4.78, 5) is 0. The van der Waals surface area contributed by atoms with E-state index in [2.05, 4.69) is 26.2 Å². The summed E-state index contributed by atoms with van der Waals surface area (Å²) in [5, 5.41) is 19.9. The molecule has 0 atom stereocenters. The zero-order valence-corrected chi connectivity index (χ0v) is 17.7. The van der Waals surface area contributed by atoms with E-state index in [-0.39, 0.29) is 0 Å². The molecule has 25 heavy (non-hydrogen) atoms. The quantitative estimate of drug-likeness (QED) is 0.621. The maximum Gasteiger partial charge on any atom is 0.177 e. The molecule has 2 aromatic carbocycles. The smallest absolute Gasteiger partial charge is 0.177 e. The van der Waals surface area contributed by atoms with Crippen molar-refractivity contribution < 1.29 is 14.3 Å². The predicted molar refractivity (Wildman–Crippen MR) is 109 cm³/mol. The molecule has 3 nitrogen and oxygen atoms in total. The van der Waals surface area contributed by atoms with Crippen LogP contribution in [0.4, 0.5) is 0 Å². The molecule has 0 aliphatic carbocycles. The Bertz CT molecular complexity index is 699. The molecule has 0 unspecified atom stereocenters. The lowest BCUT2D eigenvalue weighted by molar-refractivity contribution is 0.466. The Morgan fingerprint density at radius 3 is 1.84 bits per heavy atom. The molecule has 0 radical (unpaired) electrons. The molecule has 0 bridgehead atoms. The Balaban J connectivity index is 1.90. The predicted octanol–water partition coefficient (Wildman–Crippen LogP) is 5.24. The van der Waals surface area contributed by atoms with Gasteiger partial charge in [-0.2, -0.15) is 0 Å². The van der Waals surface area contributed by atoms with Crippen LogP contribution in [0.2, 0.25) is 32.2 Å². The second-order valence-corrected chi connectivity index (χ2v) is 16.6. The summed E-state index contributed by atoms with van der Waals surface area (Å²) in [6.45, 7) is 9.02. The van der Waals surface area contributed by atoms with E-state index in [9.17, 15) is 10.2 Å². The fraction of sp³-hybridized carbons (Fsp3) is 0.400. The highest BCUT2D eigenvalue weighted by Crippen LogP contribution is 2.27. The Hall–Kier alpha value is -1.57. The van der Waals surface area contributed by atoms with Crippen molar-refractivity contribution in [2.75, 3.05) is 0 Å². The lowest BCUT2D eigenvalue weighted by atomic mass is 10.1. The van der Waals surface area contributed by atoms with Crippen LogP contribution in [0, 0.1) is 0 Å². The third-order valence-corrected chi connectivity index (χ3v) is 11.6. The summed E-state index contributed by atoms with van der Waals surface area (Å²) in [6, 6.07) is 17.0. The van der Waals surface area contributed by atoms with Crippen molar-refractivity contribution in [3.8, 4) is 11.5 Å². The van der Waals surface area contributed by atoms with Crippen molar-refractivity contribution in [1.82, 2.24) is 0 Å². The van der Waals surface area contributed by atoms with E-state index >= 15 is 0 Å². The van der Waals surface area contributed by atoms with Crippen LogP contribution in [0.1, 0.15) is 17.5 Å². The van der Waals surface area contributed by atoms with Crippen LogP contribution in [0.15, 0.2) is 48.5 Å². The molecule has 0 heterocycles. The third-order valence-electron chi connectivity index (χ3n) is 4.38. The topological polar surface area (TPSA) is 49.7 Å². The molecule has 2 rings (SSSR count). The first kappa shape index (κ1) is 19.8. The summed E-state index contributed by atoms with van der Waals surface area (Å²) < 4.78 is 6.66. The molecule has 5 heteroatoms. The molecule has 0 amide bonds.